The van der Waals surface area contributed by atoms with Crippen molar-refractivity contribution in [1.29, 1.82) is 0 Å². The van der Waals surface area contributed by atoms with Gasteiger partial charge in [-0.1, -0.05) is 12.2 Å². The fourth-order valence-electron chi connectivity index (χ4n) is 2.55. The zero-order valence-corrected chi connectivity index (χ0v) is 9.01. The SMILES string of the molecule is COC1=CC=CC2CC(C(C)O)C(=O)C12. The van der Waals surface area contributed by atoms with Gasteiger partial charge in [-0.2, -0.15) is 0 Å². The van der Waals surface area contributed by atoms with Crippen LogP contribution in [-0.4, -0.2) is 24.1 Å². The van der Waals surface area contributed by atoms with Gasteiger partial charge in [0, 0.05) is 5.92 Å². The Hall–Kier alpha value is -1.09. The number of aliphatic hydroxyl groups is 1. The first kappa shape index (κ1) is 10.4. The van der Waals surface area contributed by atoms with Gasteiger partial charge in [-0.25, -0.2) is 0 Å². The van der Waals surface area contributed by atoms with Gasteiger partial charge in [0.25, 0.3) is 0 Å². The lowest BCUT2D eigenvalue weighted by molar-refractivity contribution is -0.126. The van der Waals surface area contributed by atoms with Gasteiger partial charge in [0.2, 0.25) is 0 Å². The van der Waals surface area contributed by atoms with Crippen molar-refractivity contribution in [2.75, 3.05) is 7.11 Å². The van der Waals surface area contributed by atoms with Gasteiger partial charge >= 0.3 is 0 Å². The van der Waals surface area contributed by atoms with E-state index in [4.69, 9.17) is 4.74 Å². The molecule has 4 atom stereocenters. The fourth-order valence-corrected chi connectivity index (χ4v) is 2.55. The van der Waals surface area contributed by atoms with Crippen LogP contribution in [0.1, 0.15) is 13.3 Å². The number of carbonyl (C=O) groups excluding carboxylic acids is 1. The van der Waals surface area contributed by atoms with Gasteiger partial charge in [-0.3, -0.25) is 4.79 Å². The van der Waals surface area contributed by atoms with E-state index in [2.05, 4.69) is 0 Å². The van der Waals surface area contributed by atoms with E-state index < -0.39 is 6.10 Å². The average Bonchev–Trinajstić information content (AvgIpc) is 2.56. The molecule has 1 fully saturated rings. The Morgan fingerprint density at radius 1 is 1.60 bits per heavy atom. The van der Waals surface area contributed by atoms with Crippen molar-refractivity contribution in [3.8, 4) is 0 Å². The molecule has 3 heteroatoms. The van der Waals surface area contributed by atoms with Crippen LogP contribution in [0.3, 0.4) is 0 Å². The number of hydrogen-bond donors (Lipinski definition) is 1. The third-order valence-corrected chi connectivity index (χ3v) is 3.37. The lowest BCUT2D eigenvalue weighted by atomic mass is 9.89. The second-order valence-corrected chi connectivity index (χ2v) is 4.28. The molecule has 0 aromatic heterocycles. The van der Waals surface area contributed by atoms with Crippen molar-refractivity contribution in [3.63, 3.8) is 0 Å². The minimum Gasteiger partial charge on any atom is -0.500 e. The van der Waals surface area contributed by atoms with Crippen molar-refractivity contribution in [3.05, 3.63) is 24.0 Å². The molecule has 0 saturated heterocycles. The lowest BCUT2D eigenvalue weighted by Crippen LogP contribution is -2.26. The summed E-state index contributed by atoms with van der Waals surface area (Å²) in [5.41, 5.74) is 0. The Morgan fingerprint density at radius 3 is 2.93 bits per heavy atom. The van der Waals surface area contributed by atoms with Gasteiger partial charge in [0.15, 0.2) is 0 Å². The summed E-state index contributed by atoms with van der Waals surface area (Å²) in [6.07, 6.45) is 5.97. The van der Waals surface area contributed by atoms with Crippen molar-refractivity contribution in [2.24, 2.45) is 17.8 Å². The maximum Gasteiger partial charge on any atom is 0.149 e. The number of Topliss-reactive ketones (excluding diaryl/α,β-unsaturated/α-hetero) is 1. The fraction of sp³-hybridized carbons (Fsp3) is 0.583. The molecule has 3 nitrogen and oxygen atoms in total. The van der Waals surface area contributed by atoms with Crippen LogP contribution in [-0.2, 0) is 9.53 Å². The normalized spacial score (nSPS) is 36.1. The highest BCUT2D eigenvalue weighted by molar-refractivity contribution is 5.89. The molecule has 0 bridgehead atoms. The molecule has 0 aromatic rings. The first-order chi connectivity index (χ1) is 7.15. The van der Waals surface area contributed by atoms with E-state index in [1.165, 1.54) is 0 Å². The number of aliphatic hydroxyl groups excluding tert-OH is 1. The van der Waals surface area contributed by atoms with Gasteiger partial charge in [-0.15, -0.1) is 0 Å². The summed E-state index contributed by atoms with van der Waals surface area (Å²) in [5, 5.41) is 9.52. The quantitative estimate of drug-likeness (QED) is 0.743. The minimum absolute atomic E-state index is 0.118. The van der Waals surface area contributed by atoms with E-state index in [-0.39, 0.29) is 23.5 Å². The van der Waals surface area contributed by atoms with Crippen LogP contribution < -0.4 is 0 Å². The van der Waals surface area contributed by atoms with E-state index in [0.29, 0.717) is 0 Å². The minimum atomic E-state index is -0.561. The molecule has 1 saturated carbocycles. The molecule has 0 aliphatic heterocycles. The number of carbonyl (C=O) groups is 1. The number of methoxy groups -OCH3 is 1. The highest BCUT2D eigenvalue weighted by Crippen LogP contribution is 2.42. The van der Waals surface area contributed by atoms with E-state index in [1.807, 2.05) is 18.2 Å². The molecule has 2 aliphatic carbocycles. The molecule has 82 valence electrons. The Kier molecular flexibility index (Phi) is 2.65. The summed E-state index contributed by atoms with van der Waals surface area (Å²) in [6, 6.07) is 0. The smallest absolute Gasteiger partial charge is 0.149 e. The predicted molar refractivity (Wildman–Crippen MR) is 56.0 cm³/mol. The molecular weight excluding hydrogens is 192 g/mol. The molecule has 2 aliphatic rings. The van der Waals surface area contributed by atoms with Crippen LogP contribution in [0.5, 0.6) is 0 Å². The van der Waals surface area contributed by atoms with Gasteiger partial charge < -0.3 is 9.84 Å². The van der Waals surface area contributed by atoms with Gasteiger partial charge in [-0.05, 0) is 25.3 Å². The summed E-state index contributed by atoms with van der Waals surface area (Å²) >= 11 is 0. The Bertz CT molecular complexity index is 328. The molecule has 0 heterocycles. The number of ketones is 1. The highest BCUT2D eigenvalue weighted by Gasteiger charge is 2.45. The second kappa shape index (κ2) is 3.81. The summed E-state index contributed by atoms with van der Waals surface area (Å²) < 4.78 is 5.21. The summed E-state index contributed by atoms with van der Waals surface area (Å²) in [4.78, 5) is 12.0. The summed E-state index contributed by atoms with van der Waals surface area (Å²) in [6.45, 7) is 1.68. The Morgan fingerprint density at radius 2 is 2.33 bits per heavy atom. The van der Waals surface area contributed by atoms with Crippen LogP contribution in [0.25, 0.3) is 0 Å². The van der Waals surface area contributed by atoms with Gasteiger partial charge in [0.05, 0.1) is 19.1 Å². The molecule has 0 amide bonds. The van der Waals surface area contributed by atoms with Crippen LogP contribution in [0.4, 0.5) is 0 Å². The zero-order valence-electron chi connectivity index (χ0n) is 9.01. The molecule has 0 radical (unpaired) electrons. The second-order valence-electron chi connectivity index (χ2n) is 4.28. The first-order valence-corrected chi connectivity index (χ1v) is 5.29. The van der Waals surface area contributed by atoms with Crippen molar-refractivity contribution >= 4 is 5.78 Å². The summed E-state index contributed by atoms with van der Waals surface area (Å²) in [7, 11) is 1.59. The van der Waals surface area contributed by atoms with Crippen LogP contribution in [0.15, 0.2) is 24.0 Å². The molecule has 0 aromatic carbocycles. The van der Waals surface area contributed by atoms with Gasteiger partial charge in [0.1, 0.15) is 11.5 Å². The zero-order chi connectivity index (χ0) is 11.0. The number of fused-ring (bicyclic) bond motifs is 1. The van der Waals surface area contributed by atoms with Crippen LogP contribution in [0, 0.1) is 17.8 Å². The van der Waals surface area contributed by atoms with Crippen molar-refractivity contribution < 1.29 is 14.6 Å². The Labute approximate surface area is 89.4 Å². The molecule has 2 rings (SSSR count). The van der Waals surface area contributed by atoms with Crippen molar-refractivity contribution in [1.82, 2.24) is 0 Å². The summed E-state index contributed by atoms with van der Waals surface area (Å²) in [5.74, 6) is 0.654. The number of allylic oxidation sites excluding steroid dienone is 4. The van der Waals surface area contributed by atoms with E-state index in [9.17, 15) is 9.90 Å². The lowest BCUT2D eigenvalue weighted by Gasteiger charge is -2.20. The third kappa shape index (κ3) is 1.61. The standard InChI is InChI=1S/C12H16O3/c1-7(13)9-6-8-4-3-5-10(15-2)11(8)12(9)14/h3-5,7-9,11,13H,6H2,1-2H3. The first-order valence-electron chi connectivity index (χ1n) is 5.29. The van der Waals surface area contributed by atoms with Crippen LogP contribution in [0.2, 0.25) is 0 Å². The molecule has 15 heavy (non-hydrogen) atoms. The Balaban J connectivity index is 2.26. The van der Waals surface area contributed by atoms with Crippen LogP contribution >= 0.6 is 0 Å². The predicted octanol–water partition coefficient (Wildman–Crippen LogP) is 1.29. The maximum atomic E-state index is 12.0. The molecule has 4 unspecified atom stereocenters. The third-order valence-electron chi connectivity index (χ3n) is 3.37. The molecular formula is C12H16O3. The number of rotatable bonds is 2. The van der Waals surface area contributed by atoms with Crippen molar-refractivity contribution in [2.45, 2.75) is 19.4 Å². The van der Waals surface area contributed by atoms with E-state index in [0.717, 1.165) is 12.2 Å². The van der Waals surface area contributed by atoms with E-state index >= 15 is 0 Å². The molecule has 1 N–H and O–H groups in total. The maximum absolute atomic E-state index is 12.0. The molecule has 0 spiro atoms. The highest BCUT2D eigenvalue weighted by atomic mass is 16.5. The topological polar surface area (TPSA) is 46.5 Å². The number of ether oxygens (including phenoxy) is 1. The average molecular weight is 208 g/mol. The largest absolute Gasteiger partial charge is 0.500 e. The monoisotopic (exact) mass is 208 g/mol. The number of hydrogen-bond acceptors (Lipinski definition) is 3. The van der Waals surface area contributed by atoms with E-state index in [1.54, 1.807) is 14.0 Å².